The number of thiophene rings is 1. The number of nitrogens with one attached hydrogen (secondary N) is 1. The van der Waals surface area contributed by atoms with Crippen molar-refractivity contribution in [3.05, 3.63) is 40.3 Å². The molecule has 2 heterocycles. The molecule has 2 aromatic heterocycles. The van der Waals surface area contributed by atoms with E-state index in [1.807, 2.05) is 18.2 Å². The second kappa shape index (κ2) is 8.44. The van der Waals surface area contributed by atoms with Gasteiger partial charge in [-0.3, -0.25) is 9.59 Å². The average molecular weight is 419 g/mol. The van der Waals surface area contributed by atoms with Crippen LogP contribution >= 0.6 is 23.1 Å². The summed E-state index contributed by atoms with van der Waals surface area (Å²) in [6.07, 6.45) is 0. The highest BCUT2D eigenvalue weighted by Crippen LogP contribution is 2.34. The molecule has 0 aliphatic rings. The molecule has 0 saturated heterocycles. The van der Waals surface area contributed by atoms with Crippen LogP contribution in [0.3, 0.4) is 0 Å². The van der Waals surface area contributed by atoms with Crippen molar-refractivity contribution in [3.63, 3.8) is 0 Å². The largest absolute Gasteiger partial charge is 0.462 e. The van der Waals surface area contributed by atoms with Crippen molar-refractivity contribution in [2.45, 2.75) is 19.1 Å². The number of oxazole rings is 1. The first-order chi connectivity index (χ1) is 13.4. The van der Waals surface area contributed by atoms with Crippen molar-refractivity contribution in [1.29, 1.82) is 0 Å². The number of fused-ring (bicyclic) bond motifs is 1. The SMILES string of the molecule is CCOC(=O)c1c(NC(=O)CSc2nc3ccccc3o2)sc(C(N)=O)c1C. The summed E-state index contributed by atoms with van der Waals surface area (Å²) in [4.78, 5) is 40.7. The molecule has 0 aliphatic carbocycles. The highest BCUT2D eigenvalue weighted by Gasteiger charge is 2.25. The van der Waals surface area contributed by atoms with Gasteiger partial charge in [-0.1, -0.05) is 23.9 Å². The fourth-order valence-electron chi connectivity index (χ4n) is 2.49. The fourth-order valence-corrected chi connectivity index (χ4v) is 4.19. The van der Waals surface area contributed by atoms with Crippen LogP contribution in [0.4, 0.5) is 5.00 Å². The first-order valence-corrected chi connectivity index (χ1v) is 10.1. The van der Waals surface area contributed by atoms with Crippen LogP contribution in [-0.4, -0.2) is 35.1 Å². The van der Waals surface area contributed by atoms with E-state index >= 15 is 0 Å². The molecule has 0 aliphatic heterocycles. The van der Waals surface area contributed by atoms with E-state index in [1.165, 1.54) is 0 Å². The first kappa shape index (κ1) is 19.9. The molecule has 0 bridgehead atoms. The lowest BCUT2D eigenvalue weighted by Crippen LogP contribution is -2.16. The molecule has 28 heavy (non-hydrogen) atoms. The third kappa shape index (κ3) is 4.18. The number of anilines is 1. The molecule has 0 fully saturated rings. The van der Waals surface area contributed by atoms with Gasteiger partial charge in [-0.2, -0.15) is 0 Å². The molecule has 3 aromatic rings. The van der Waals surface area contributed by atoms with Crippen LogP contribution < -0.4 is 11.1 Å². The highest BCUT2D eigenvalue weighted by atomic mass is 32.2. The zero-order valence-electron chi connectivity index (χ0n) is 15.1. The molecular formula is C18H17N3O5S2. The number of carbonyl (C=O) groups excluding carboxylic acids is 3. The molecule has 146 valence electrons. The first-order valence-electron chi connectivity index (χ1n) is 8.29. The topological polar surface area (TPSA) is 125 Å². The number of amides is 2. The Balaban J connectivity index is 1.74. The maximum atomic E-state index is 12.4. The van der Waals surface area contributed by atoms with Gasteiger partial charge in [0, 0.05) is 0 Å². The van der Waals surface area contributed by atoms with Crippen LogP contribution in [0.2, 0.25) is 0 Å². The van der Waals surface area contributed by atoms with Crippen LogP contribution in [0.5, 0.6) is 0 Å². The predicted molar refractivity (Wildman–Crippen MR) is 107 cm³/mol. The van der Waals surface area contributed by atoms with E-state index in [9.17, 15) is 14.4 Å². The normalized spacial score (nSPS) is 10.8. The lowest BCUT2D eigenvalue weighted by atomic mass is 10.1. The molecule has 0 spiro atoms. The number of thioether (sulfide) groups is 1. The number of nitrogens with two attached hydrogens (primary N) is 1. The molecule has 0 saturated carbocycles. The monoisotopic (exact) mass is 419 g/mol. The van der Waals surface area contributed by atoms with E-state index in [0.717, 1.165) is 23.1 Å². The summed E-state index contributed by atoms with van der Waals surface area (Å²) in [5.41, 5.74) is 7.22. The van der Waals surface area contributed by atoms with Crippen molar-refractivity contribution in [2.75, 3.05) is 17.7 Å². The third-order valence-electron chi connectivity index (χ3n) is 3.70. The lowest BCUT2D eigenvalue weighted by Gasteiger charge is -2.06. The number of rotatable bonds is 7. The zero-order valence-corrected chi connectivity index (χ0v) is 16.7. The number of para-hydroxylation sites is 2. The van der Waals surface area contributed by atoms with Gasteiger partial charge in [0.2, 0.25) is 5.91 Å². The van der Waals surface area contributed by atoms with E-state index in [2.05, 4.69) is 10.3 Å². The van der Waals surface area contributed by atoms with Crippen molar-refractivity contribution in [2.24, 2.45) is 5.73 Å². The minimum Gasteiger partial charge on any atom is -0.462 e. The Morgan fingerprint density at radius 2 is 2.07 bits per heavy atom. The number of esters is 1. The van der Waals surface area contributed by atoms with Crippen molar-refractivity contribution in [1.82, 2.24) is 4.98 Å². The number of carbonyl (C=O) groups is 3. The number of ether oxygens (including phenoxy) is 1. The maximum Gasteiger partial charge on any atom is 0.341 e. The Hall–Kier alpha value is -2.85. The molecule has 2 amide bonds. The van der Waals surface area contributed by atoms with E-state index in [0.29, 0.717) is 21.9 Å². The van der Waals surface area contributed by atoms with Gasteiger partial charge in [-0.25, -0.2) is 9.78 Å². The quantitative estimate of drug-likeness (QED) is 0.445. The molecule has 10 heteroatoms. The van der Waals surface area contributed by atoms with E-state index < -0.39 is 11.9 Å². The summed E-state index contributed by atoms with van der Waals surface area (Å²) in [5, 5.41) is 3.24. The molecule has 0 radical (unpaired) electrons. The van der Waals surface area contributed by atoms with Gasteiger partial charge in [0.05, 0.1) is 22.8 Å². The fraction of sp³-hybridized carbons (Fsp3) is 0.222. The maximum absolute atomic E-state index is 12.4. The Morgan fingerprint density at radius 1 is 1.32 bits per heavy atom. The van der Waals surface area contributed by atoms with Crippen LogP contribution in [0.15, 0.2) is 33.9 Å². The van der Waals surface area contributed by atoms with E-state index in [-0.39, 0.29) is 33.7 Å². The standard InChI is InChI=1S/C18H17N3O5S2/c1-3-25-17(24)13-9(2)14(15(19)23)28-16(13)21-12(22)8-27-18-20-10-6-4-5-7-11(10)26-18/h4-7H,3,8H2,1-2H3,(H2,19,23)(H,21,22). The second-order valence-corrected chi connectivity index (χ2v) is 7.58. The van der Waals surface area contributed by atoms with Gasteiger partial charge in [-0.15, -0.1) is 11.3 Å². The Labute approximate surface area is 168 Å². The van der Waals surface area contributed by atoms with Crippen molar-refractivity contribution in [3.8, 4) is 0 Å². The number of primary amides is 1. The summed E-state index contributed by atoms with van der Waals surface area (Å²) in [6, 6.07) is 7.28. The summed E-state index contributed by atoms with van der Waals surface area (Å²) in [5.74, 6) is -1.66. The zero-order chi connectivity index (χ0) is 20.3. The van der Waals surface area contributed by atoms with Gasteiger partial charge in [-0.05, 0) is 31.5 Å². The highest BCUT2D eigenvalue weighted by molar-refractivity contribution is 7.99. The van der Waals surface area contributed by atoms with E-state index in [1.54, 1.807) is 19.9 Å². The second-order valence-electron chi connectivity index (χ2n) is 5.63. The molecule has 3 rings (SSSR count). The minimum absolute atomic E-state index is 0.0118. The summed E-state index contributed by atoms with van der Waals surface area (Å²) in [6.45, 7) is 3.43. The third-order valence-corrected chi connectivity index (χ3v) is 5.75. The number of benzene rings is 1. The Morgan fingerprint density at radius 3 is 2.75 bits per heavy atom. The van der Waals surface area contributed by atoms with Gasteiger partial charge >= 0.3 is 5.97 Å². The average Bonchev–Trinajstić information content (AvgIpc) is 3.20. The van der Waals surface area contributed by atoms with Crippen molar-refractivity contribution >= 4 is 57.0 Å². The van der Waals surface area contributed by atoms with Crippen molar-refractivity contribution < 1.29 is 23.5 Å². The summed E-state index contributed by atoms with van der Waals surface area (Å²) in [7, 11) is 0. The van der Waals surface area contributed by atoms with Crippen LogP contribution in [0.25, 0.3) is 11.1 Å². The molecule has 3 N–H and O–H groups in total. The molecular weight excluding hydrogens is 402 g/mol. The number of aromatic nitrogens is 1. The predicted octanol–water partition coefficient (Wildman–Crippen LogP) is 3.20. The van der Waals surface area contributed by atoms with E-state index in [4.69, 9.17) is 14.9 Å². The van der Waals surface area contributed by atoms with Crippen LogP contribution in [0.1, 0.15) is 32.5 Å². The summed E-state index contributed by atoms with van der Waals surface area (Å²) >= 11 is 2.07. The Kier molecular flexibility index (Phi) is 6.00. The Bertz CT molecular complexity index is 1020. The number of hydrogen-bond donors (Lipinski definition) is 2. The van der Waals surface area contributed by atoms with Crippen LogP contribution in [-0.2, 0) is 9.53 Å². The van der Waals surface area contributed by atoms with Gasteiger partial charge in [0.15, 0.2) is 5.58 Å². The number of nitrogens with zero attached hydrogens (tertiary/aromatic N) is 1. The molecule has 1 aromatic carbocycles. The van der Waals surface area contributed by atoms with Crippen LogP contribution in [0, 0.1) is 6.92 Å². The molecule has 8 nitrogen and oxygen atoms in total. The van der Waals surface area contributed by atoms with Gasteiger partial charge in [0.1, 0.15) is 10.5 Å². The van der Waals surface area contributed by atoms with Gasteiger partial charge < -0.3 is 20.2 Å². The minimum atomic E-state index is -0.672. The summed E-state index contributed by atoms with van der Waals surface area (Å²) < 4.78 is 10.6. The smallest absolute Gasteiger partial charge is 0.341 e. The number of hydrogen-bond acceptors (Lipinski definition) is 8. The lowest BCUT2D eigenvalue weighted by molar-refractivity contribution is -0.113. The molecule has 0 atom stereocenters. The van der Waals surface area contributed by atoms with Gasteiger partial charge in [0.25, 0.3) is 11.1 Å². The molecule has 0 unspecified atom stereocenters.